The smallest absolute Gasteiger partial charge is 0.000496 e. The van der Waals surface area contributed by atoms with Crippen molar-refractivity contribution in [2.75, 3.05) is 6.26 Å². The molecule has 7 heavy (non-hydrogen) atoms. The Hall–Kier alpha value is -0.370. The van der Waals surface area contributed by atoms with E-state index in [0.29, 0.717) is 0 Å². The number of rotatable bonds is 0. The molecule has 0 aliphatic rings. The fourth-order valence-corrected chi connectivity index (χ4v) is 0.278. The molecule has 0 saturated heterocycles. The number of hydrogen-bond acceptors (Lipinski definition) is 1. The van der Waals surface area contributed by atoms with Gasteiger partial charge in [-0.05, 0) is 18.4 Å². The summed E-state index contributed by atoms with van der Waals surface area (Å²) in [4.78, 5) is 2.86. The van der Waals surface area contributed by atoms with Gasteiger partial charge in [-0.25, -0.2) is 0 Å². The second-order valence-electron chi connectivity index (χ2n) is 0.885. The third kappa shape index (κ3) is 3.46. The minimum absolute atomic E-state index is 1.69. The Bertz CT molecular complexity index is 64.6. The van der Waals surface area contributed by atoms with Crippen LogP contribution >= 0.6 is 12.6 Å². The predicted octanol–water partition coefficient (Wildman–Crippen LogP) is 1.56. The second kappa shape index (κ2) is 5.63. The third-order valence-electron chi connectivity index (χ3n) is 0.496. The zero-order valence-electron chi connectivity index (χ0n) is 4.26. The van der Waals surface area contributed by atoms with Crippen LogP contribution in [0.3, 0.4) is 0 Å². The molecule has 2 heteroatoms. The molecule has 40 valence electrons. The lowest BCUT2D eigenvalue weighted by Gasteiger charge is -1.49. The highest BCUT2D eigenvalue weighted by Gasteiger charge is 1.55. The van der Waals surface area contributed by atoms with E-state index in [4.69, 9.17) is 0 Å². The van der Waals surface area contributed by atoms with Crippen molar-refractivity contribution in [2.45, 2.75) is 0 Å². The van der Waals surface area contributed by atoms with E-state index in [1.165, 1.54) is 0 Å². The van der Waals surface area contributed by atoms with Gasteiger partial charge in [-0.2, -0.15) is 12.6 Å². The van der Waals surface area contributed by atoms with Crippen LogP contribution in [0.2, 0.25) is 0 Å². The molecule has 1 nitrogen and oxygen atoms in total. The topological polar surface area (TPSA) is 15.8 Å². The van der Waals surface area contributed by atoms with Crippen LogP contribution in [0.1, 0.15) is 0 Å². The first-order chi connectivity index (χ1) is 3.50. The van der Waals surface area contributed by atoms with Crippen LogP contribution in [0.4, 0.5) is 0 Å². The summed E-state index contributed by atoms with van der Waals surface area (Å²) in [6.07, 6.45) is 5.44. The normalized spacial score (nSPS) is 6.57. The van der Waals surface area contributed by atoms with Crippen molar-refractivity contribution in [1.82, 2.24) is 4.98 Å². The van der Waals surface area contributed by atoms with Crippen LogP contribution < -0.4 is 0 Å². The Morgan fingerprint density at radius 1 is 1.14 bits per heavy atom. The molecular weight excluding hydrogens is 106 g/mol. The van der Waals surface area contributed by atoms with E-state index < -0.39 is 0 Å². The quantitative estimate of drug-likeness (QED) is 0.477. The van der Waals surface area contributed by atoms with Crippen molar-refractivity contribution in [1.29, 1.82) is 0 Å². The van der Waals surface area contributed by atoms with Crippen LogP contribution in [0.5, 0.6) is 0 Å². The van der Waals surface area contributed by atoms with E-state index in [1.807, 2.05) is 24.5 Å². The molecule has 1 heterocycles. The predicted molar refractivity (Wildman–Crippen MR) is 35.7 cm³/mol. The monoisotopic (exact) mass is 115 g/mol. The molecular formula is C5H9NS. The van der Waals surface area contributed by atoms with Gasteiger partial charge in [0.15, 0.2) is 0 Å². The van der Waals surface area contributed by atoms with Crippen molar-refractivity contribution < 1.29 is 0 Å². The minimum atomic E-state index is 1.69. The van der Waals surface area contributed by atoms with Gasteiger partial charge in [-0.15, -0.1) is 0 Å². The number of hydrogen-bond donors (Lipinski definition) is 2. The summed E-state index contributed by atoms with van der Waals surface area (Å²) in [6.45, 7) is 0. The van der Waals surface area contributed by atoms with E-state index in [1.54, 1.807) is 6.26 Å². The lowest BCUT2D eigenvalue weighted by molar-refractivity contribution is 1.42. The Morgan fingerprint density at radius 2 is 1.57 bits per heavy atom. The fraction of sp³-hybridized carbons (Fsp3) is 0.200. The number of H-pyrrole nitrogens is 1. The fourth-order valence-electron chi connectivity index (χ4n) is 0.278. The highest BCUT2D eigenvalue weighted by Crippen LogP contribution is 1.72. The standard InChI is InChI=1S/C4H5N.CH4S/c1-2-4-5-3-1;1-2/h1-5H;2H,1H3. The molecule has 0 unspecified atom stereocenters. The van der Waals surface area contributed by atoms with Crippen LogP contribution in [-0.2, 0) is 0 Å². The molecule has 0 spiro atoms. The summed E-state index contributed by atoms with van der Waals surface area (Å²) in [6, 6.07) is 3.89. The van der Waals surface area contributed by atoms with Gasteiger partial charge >= 0.3 is 0 Å². The first kappa shape index (κ1) is 6.63. The minimum Gasteiger partial charge on any atom is -0.368 e. The van der Waals surface area contributed by atoms with Crippen LogP contribution in [-0.4, -0.2) is 11.2 Å². The first-order valence-corrected chi connectivity index (χ1v) is 2.92. The molecule has 0 aliphatic heterocycles. The molecule has 0 fully saturated rings. The van der Waals surface area contributed by atoms with Crippen molar-refractivity contribution in [2.24, 2.45) is 0 Å². The van der Waals surface area contributed by atoms with Crippen molar-refractivity contribution in [3.8, 4) is 0 Å². The van der Waals surface area contributed by atoms with Crippen LogP contribution in [0.25, 0.3) is 0 Å². The second-order valence-corrected chi connectivity index (χ2v) is 0.885. The first-order valence-electron chi connectivity index (χ1n) is 2.02. The molecule has 1 aromatic rings. The summed E-state index contributed by atoms with van der Waals surface area (Å²) < 4.78 is 0. The van der Waals surface area contributed by atoms with Crippen molar-refractivity contribution >= 4 is 12.6 Å². The molecule has 1 rings (SSSR count). The van der Waals surface area contributed by atoms with Gasteiger partial charge in [0.25, 0.3) is 0 Å². The van der Waals surface area contributed by atoms with Crippen molar-refractivity contribution in [3.63, 3.8) is 0 Å². The van der Waals surface area contributed by atoms with Gasteiger partial charge in [0.05, 0.1) is 0 Å². The molecule has 0 aliphatic carbocycles. The van der Waals surface area contributed by atoms with Gasteiger partial charge < -0.3 is 4.98 Å². The summed E-state index contributed by atoms with van der Waals surface area (Å²) in [5.41, 5.74) is 0. The molecule has 0 saturated carbocycles. The molecule has 0 aromatic carbocycles. The number of thiol groups is 1. The summed E-state index contributed by atoms with van der Waals surface area (Å²) >= 11 is 3.53. The van der Waals surface area contributed by atoms with Crippen molar-refractivity contribution in [3.05, 3.63) is 24.5 Å². The lowest BCUT2D eigenvalue weighted by Crippen LogP contribution is -1.38. The van der Waals surface area contributed by atoms with E-state index in [-0.39, 0.29) is 0 Å². The van der Waals surface area contributed by atoms with Gasteiger partial charge in [0.2, 0.25) is 0 Å². The zero-order valence-corrected chi connectivity index (χ0v) is 5.15. The SMILES string of the molecule is CS.c1cc[nH]c1. The summed E-state index contributed by atoms with van der Waals surface area (Å²) in [5.74, 6) is 0. The highest BCUT2D eigenvalue weighted by molar-refractivity contribution is 7.79. The third-order valence-corrected chi connectivity index (χ3v) is 0.496. The maximum atomic E-state index is 3.53. The van der Waals surface area contributed by atoms with Gasteiger partial charge in [-0.1, -0.05) is 0 Å². The lowest BCUT2D eigenvalue weighted by atomic mass is 10.7. The van der Waals surface area contributed by atoms with Gasteiger partial charge in [-0.3, -0.25) is 0 Å². The number of aromatic nitrogens is 1. The zero-order chi connectivity index (χ0) is 5.54. The van der Waals surface area contributed by atoms with Gasteiger partial charge in [0.1, 0.15) is 0 Å². The van der Waals surface area contributed by atoms with Gasteiger partial charge in [0, 0.05) is 12.4 Å². The molecule has 0 radical (unpaired) electrons. The van der Waals surface area contributed by atoms with E-state index >= 15 is 0 Å². The number of nitrogens with one attached hydrogen (secondary N) is 1. The van der Waals surface area contributed by atoms with Crippen LogP contribution in [0, 0.1) is 0 Å². The average Bonchev–Trinajstić information content (AvgIpc) is 2.23. The largest absolute Gasteiger partial charge is 0.368 e. The Labute approximate surface area is 49.2 Å². The maximum absolute atomic E-state index is 3.53. The molecule has 1 N–H and O–H groups in total. The maximum Gasteiger partial charge on any atom is 0.000496 e. The highest BCUT2D eigenvalue weighted by atomic mass is 32.1. The Morgan fingerprint density at radius 3 is 1.71 bits per heavy atom. The van der Waals surface area contributed by atoms with E-state index in [0.717, 1.165) is 0 Å². The Kier molecular flexibility index (Phi) is 5.33. The summed E-state index contributed by atoms with van der Waals surface area (Å²) in [5, 5.41) is 0. The number of aromatic amines is 1. The molecule has 0 amide bonds. The average molecular weight is 115 g/mol. The van der Waals surface area contributed by atoms with E-state index in [9.17, 15) is 0 Å². The molecule has 1 aromatic heterocycles. The molecule has 0 bridgehead atoms. The molecule has 0 atom stereocenters. The summed E-state index contributed by atoms with van der Waals surface area (Å²) in [7, 11) is 0. The van der Waals surface area contributed by atoms with Crippen LogP contribution in [0.15, 0.2) is 24.5 Å². The Balaban J connectivity index is 0.000000162. The van der Waals surface area contributed by atoms with E-state index in [2.05, 4.69) is 17.6 Å².